The molecule has 0 spiro atoms. The summed E-state index contributed by atoms with van der Waals surface area (Å²) >= 11 is 1.85. The van der Waals surface area contributed by atoms with Gasteiger partial charge in [0.25, 0.3) is 0 Å². The molecule has 0 N–H and O–H groups in total. The van der Waals surface area contributed by atoms with Crippen LogP contribution in [0.4, 0.5) is 5.82 Å². The number of rotatable bonds is 4. The quantitative estimate of drug-likeness (QED) is 0.502. The standard InChI is InChI=1S/C22H23N7S/c1-2-6-18-16(5-1)19-21(29-10-3-4-15(29)13-28-11-9-24-14-28)26-20(27-22(19)30-18)17-12-23-7-8-25-17/h7-9,11-12,14-15H,1-6,10,13H2. The molecule has 0 amide bonds. The van der Waals surface area contributed by atoms with Gasteiger partial charge >= 0.3 is 0 Å². The molecule has 1 aliphatic carbocycles. The Labute approximate surface area is 178 Å². The molecule has 0 radical (unpaired) electrons. The van der Waals surface area contributed by atoms with Crippen LogP contribution in [0.5, 0.6) is 0 Å². The van der Waals surface area contributed by atoms with Gasteiger partial charge in [0.05, 0.1) is 17.9 Å². The Morgan fingerprint density at radius 1 is 1.03 bits per heavy atom. The van der Waals surface area contributed by atoms with Gasteiger partial charge < -0.3 is 9.47 Å². The first-order valence-corrected chi connectivity index (χ1v) is 11.5. The molecule has 5 heterocycles. The van der Waals surface area contributed by atoms with Crippen LogP contribution >= 0.6 is 11.3 Å². The van der Waals surface area contributed by atoms with Crippen molar-refractivity contribution >= 4 is 27.4 Å². The summed E-state index contributed by atoms with van der Waals surface area (Å²) in [5.74, 6) is 1.76. The highest BCUT2D eigenvalue weighted by Gasteiger charge is 2.31. The topological polar surface area (TPSA) is 72.6 Å². The second kappa shape index (κ2) is 7.43. The van der Waals surface area contributed by atoms with E-state index in [2.05, 4.69) is 24.4 Å². The predicted octanol–water partition coefficient (Wildman–Crippen LogP) is 3.89. The number of nitrogens with zero attached hydrogens (tertiary/aromatic N) is 7. The van der Waals surface area contributed by atoms with Gasteiger partial charge in [0.1, 0.15) is 16.3 Å². The monoisotopic (exact) mass is 417 g/mol. The minimum atomic E-state index is 0.408. The maximum atomic E-state index is 5.11. The van der Waals surface area contributed by atoms with Gasteiger partial charge in [-0.15, -0.1) is 11.3 Å². The van der Waals surface area contributed by atoms with E-state index < -0.39 is 0 Å². The maximum absolute atomic E-state index is 5.11. The molecule has 30 heavy (non-hydrogen) atoms. The van der Waals surface area contributed by atoms with Crippen molar-refractivity contribution in [2.24, 2.45) is 0 Å². The summed E-state index contributed by atoms with van der Waals surface area (Å²) in [6, 6.07) is 0.408. The van der Waals surface area contributed by atoms with Crippen molar-refractivity contribution in [2.75, 3.05) is 11.4 Å². The molecule has 0 aromatic carbocycles. The highest BCUT2D eigenvalue weighted by molar-refractivity contribution is 7.19. The van der Waals surface area contributed by atoms with Crippen molar-refractivity contribution in [1.82, 2.24) is 29.5 Å². The van der Waals surface area contributed by atoms with Gasteiger partial charge in [0.2, 0.25) is 0 Å². The highest BCUT2D eigenvalue weighted by Crippen LogP contribution is 2.42. The fourth-order valence-corrected chi connectivity index (χ4v) is 6.07. The van der Waals surface area contributed by atoms with E-state index >= 15 is 0 Å². The average molecular weight is 418 g/mol. The van der Waals surface area contributed by atoms with Crippen LogP contribution in [0, 0.1) is 0 Å². The Bertz CT molecular complexity index is 1170. The second-order valence-corrected chi connectivity index (χ2v) is 9.19. The number of anilines is 1. The lowest BCUT2D eigenvalue weighted by Crippen LogP contribution is -2.33. The molecule has 2 aliphatic rings. The Morgan fingerprint density at radius 2 is 2.00 bits per heavy atom. The molecule has 1 aliphatic heterocycles. The average Bonchev–Trinajstić information content (AvgIpc) is 3.54. The van der Waals surface area contributed by atoms with Crippen molar-refractivity contribution < 1.29 is 0 Å². The Hall–Kier alpha value is -2.87. The summed E-state index contributed by atoms with van der Waals surface area (Å²) in [7, 11) is 0. The van der Waals surface area contributed by atoms with Gasteiger partial charge in [-0.3, -0.25) is 4.98 Å². The Kier molecular flexibility index (Phi) is 4.44. The lowest BCUT2D eigenvalue weighted by molar-refractivity contribution is 0.548. The van der Waals surface area contributed by atoms with Crippen molar-refractivity contribution in [3.05, 3.63) is 47.8 Å². The molecular weight excluding hydrogens is 394 g/mol. The molecule has 4 aromatic rings. The van der Waals surface area contributed by atoms with Crippen molar-refractivity contribution in [1.29, 1.82) is 0 Å². The van der Waals surface area contributed by atoms with Crippen LogP contribution in [-0.2, 0) is 19.4 Å². The number of fused-ring (bicyclic) bond motifs is 3. The van der Waals surface area contributed by atoms with Crippen LogP contribution in [-0.4, -0.2) is 42.1 Å². The number of imidazole rings is 1. The first kappa shape index (κ1) is 17.9. The fraction of sp³-hybridized carbons (Fsp3) is 0.409. The number of aromatic nitrogens is 6. The lowest BCUT2D eigenvalue weighted by atomic mass is 9.97. The van der Waals surface area contributed by atoms with E-state index in [9.17, 15) is 0 Å². The molecular formula is C22H23N7S. The zero-order chi connectivity index (χ0) is 19.9. The number of thiophene rings is 1. The Balaban J connectivity index is 1.51. The van der Waals surface area contributed by atoms with E-state index in [0.717, 1.165) is 48.7 Å². The van der Waals surface area contributed by atoms with Crippen LogP contribution in [0.2, 0.25) is 0 Å². The molecule has 152 valence electrons. The van der Waals surface area contributed by atoms with E-state index in [1.165, 1.54) is 35.1 Å². The summed E-state index contributed by atoms with van der Waals surface area (Å²) in [5, 5.41) is 1.28. The lowest BCUT2D eigenvalue weighted by Gasteiger charge is -2.27. The van der Waals surface area contributed by atoms with Crippen LogP contribution in [0.25, 0.3) is 21.7 Å². The van der Waals surface area contributed by atoms with E-state index in [1.54, 1.807) is 18.6 Å². The van der Waals surface area contributed by atoms with E-state index in [4.69, 9.17) is 9.97 Å². The minimum Gasteiger partial charge on any atom is -0.351 e. The highest BCUT2D eigenvalue weighted by atomic mass is 32.1. The van der Waals surface area contributed by atoms with Gasteiger partial charge in [-0.25, -0.2) is 19.9 Å². The minimum absolute atomic E-state index is 0.408. The zero-order valence-corrected chi connectivity index (χ0v) is 17.6. The third kappa shape index (κ3) is 3.06. The van der Waals surface area contributed by atoms with Crippen LogP contribution in [0.3, 0.4) is 0 Å². The van der Waals surface area contributed by atoms with Crippen LogP contribution in [0.15, 0.2) is 37.3 Å². The van der Waals surface area contributed by atoms with Gasteiger partial charge in [0, 0.05) is 48.8 Å². The SMILES string of the molecule is c1cnc(-c2nc(N3CCCC3Cn3ccnc3)c3c4c(sc3n2)CCCC4)cn1. The molecule has 7 nitrogen and oxygen atoms in total. The van der Waals surface area contributed by atoms with E-state index in [-0.39, 0.29) is 0 Å². The molecule has 4 aromatic heterocycles. The maximum Gasteiger partial charge on any atom is 0.183 e. The fourth-order valence-electron chi connectivity index (χ4n) is 4.82. The van der Waals surface area contributed by atoms with Crippen molar-refractivity contribution in [2.45, 2.75) is 51.1 Å². The van der Waals surface area contributed by atoms with Crippen molar-refractivity contribution in [3.63, 3.8) is 0 Å². The molecule has 0 saturated carbocycles. The van der Waals surface area contributed by atoms with E-state index in [0.29, 0.717) is 11.9 Å². The zero-order valence-electron chi connectivity index (χ0n) is 16.7. The van der Waals surface area contributed by atoms with E-state index in [1.807, 2.05) is 30.1 Å². The van der Waals surface area contributed by atoms with Crippen molar-refractivity contribution in [3.8, 4) is 11.5 Å². The van der Waals surface area contributed by atoms with Gasteiger partial charge in [0.15, 0.2) is 5.82 Å². The summed E-state index contributed by atoms with van der Waals surface area (Å²) < 4.78 is 2.17. The number of hydrogen-bond acceptors (Lipinski definition) is 7. The molecule has 1 saturated heterocycles. The third-order valence-electron chi connectivity index (χ3n) is 6.22. The van der Waals surface area contributed by atoms with Gasteiger partial charge in [-0.05, 0) is 44.1 Å². The molecule has 1 fully saturated rings. The summed E-state index contributed by atoms with van der Waals surface area (Å²) in [5.41, 5.74) is 2.22. The van der Waals surface area contributed by atoms with Gasteiger partial charge in [-0.1, -0.05) is 0 Å². The summed E-state index contributed by atoms with van der Waals surface area (Å²) in [6.45, 7) is 1.95. The normalized spacial score (nSPS) is 18.8. The smallest absolute Gasteiger partial charge is 0.183 e. The summed E-state index contributed by atoms with van der Waals surface area (Å²) in [4.78, 5) is 28.1. The molecule has 1 unspecified atom stereocenters. The summed E-state index contributed by atoms with van der Waals surface area (Å²) in [6.07, 6.45) is 18.1. The largest absolute Gasteiger partial charge is 0.351 e. The predicted molar refractivity (Wildman–Crippen MR) is 118 cm³/mol. The molecule has 0 bridgehead atoms. The Morgan fingerprint density at radius 3 is 2.87 bits per heavy atom. The molecule has 1 atom stereocenters. The number of hydrogen-bond donors (Lipinski definition) is 0. The second-order valence-electron chi connectivity index (χ2n) is 8.10. The first-order chi connectivity index (χ1) is 14.9. The first-order valence-electron chi connectivity index (χ1n) is 10.7. The third-order valence-corrected chi connectivity index (χ3v) is 7.40. The van der Waals surface area contributed by atoms with Crippen LogP contribution in [0.1, 0.15) is 36.1 Å². The molecule has 6 rings (SSSR count). The van der Waals surface area contributed by atoms with Gasteiger partial charge in [-0.2, -0.15) is 0 Å². The van der Waals surface area contributed by atoms with Crippen LogP contribution < -0.4 is 4.90 Å². The molecule has 8 heteroatoms. The number of aryl methyl sites for hydroxylation is 2.